The largest absolute Gasteiger partial charge is 0.497 e. The number of nitrogens with zero attached hydrogens (tertiary/aromatic N) is 1. The Balaban J connectivity index is 1.82. The lowest BCUT2D eigenvalue weighted by molar-refractivity contribution is 0.212. The van der Waals surface area contributed by atoms with Crippen molar-refractivity contribution >= 4 is 34.5 Å². The number of benzene rings is 3. The first kappa shape index (κ1) is 16.2. The second kappa shape index (κ2) is 7.27. The third-order valence-corrected chi connectivity index (χ3v) is 4.29. The summed E-state index contributed by atoms with van der Waals surface area (Å²) >= 11 is 1.28. The van der Waals surface area contributed by atoms with Crippen LogP contribution in [0.4, 0.5) is 10.5 Å². The predicted octanol–water partition coefficient (Wildman–Crippen LogP) is 5.13. The van der Waals surface area contributed by atoms with Gasteiger partial charge in [0, 0.05) is 12.3 Å². The summed E-state index contributed by atoms with van der Waals surface area (Å²) in [6, 6.07) is 20.8. The molecule has 0 N–H and O–H groups in total. The average Bonchev–Trinajstić information content (AvgIpc) is 2.62. The Labute approximate surface area is 145 Å². The highest BCUT2D eigenvalue weighted by Crippen LogP contribution is 2.27. The maximum absolute atomic E-state index is 12.5. The summed E-state index contributed by atoms with van der Waals surface area (Å²) in [7, 11) is 1.59. The van der Waals surface area contributed by atoms with Crippen molar-refractivity contribution in [2.24, 2.45) is 0 Å². The lowest BCUT2D eigenvalue weighted by atomic mass is 10.1. The summed E-state index contributed by atoms with van der Waals surface area (Å²) in [5, 5.41) is 2.13. The minimum absolute atomic E-state index is 0.453. The van der Waals surface area contributed by atoms with Crippen LogP contribution in [0.15, 0.2) is 66.7 Å². The number of methoxy groups -OCH3 is 1. The van der Waals surface area contributed by atoms with Crippen LogP contribution in [-0.2, 0) is 0 Å². The van der Waals surface area contributed by atoms with Gasteiger partial charge in [-0.1, -0.05) is 36.4 Å². The Bertz CT molecular complexity index is 866. The number of anilines is 1. The van der Waals surface area contributed by atoms with E-state index in [9.17, 15) is 4.79 Å². The molecule has 1 amide bonds. The summed E-state index contributed by atoms with van der Waals surface area (Å²) in [5.74, 6) is 1.20. The molecule has 0 atom stereocenters. The van der Waals surface area contributed by atoms with Gasteiger partial charge in [-0.25, -0.2) is 9.10 Å². The fourth-order valence-electron chi connectivity index (χ4n) is 2.40. The molecule has 0 radical (unpaired) electrons. The third-order valence-electron chi connectivity index (χ3n) is 3.56. The van der Waals surface area contributed by atoms with Crippen molar-refractivity contribution in [3.8, 4) is 11.5 Å². The van der Waals surface area contributed by atoms with E-state index in [0.29, 0.717) is 17.2 Å². The molecular weight excluding hydrogens is 322 g/mol. The van der Waals surface area contributed by atoms with Crippen molar-refractivity contribution in [2.75, 3.05) is 17.7 Å². The number of hydrogen-bond acceptors (Lipinski definition) is 4. The number of ether oxygens (including phenoxy) is 2. The first-order chi connectivity index (χ1) is 11.7. The van der Waals surface area contributed by atoms with E-state index in [4.69, 9.17) is 9.47 Å². The molecule has 0 fully saturated rings. The SMILES string of the molecule is COc1cccc(N(SC)C(=O)Oc2ccc3ccccc3c2)c1. The Morgan fingerprint density at radius 2 is 1.71 bits per heavy atom. The Morgan fingerprint density at radius 1 is 0.917 bits per heavy atom. The van der Waals surface area contributed by atoms with Crippen LogP contribution in [0.3, 0.4) is 0 Å². The van der Waals surface area contributed by atoms with Gasteiger partial charge >= 0.3 is 6.09 Å². The molecule has 0 aromatic heterocycles. The molecule has 4 nitrogen and oxygen atoms in total. The van der Waals surface area contributed by atoms with Crippen LogP contribution in [0.5, 0.6) is 11.5 Å². The van der Waals surface area contributed by atoms with Crippen LogP contribution in [-0.4, -0.2) is 19.5 Å². The van der Waals surface area contributed by atoms with Gasteiger partial charge in [0.1, 0.15) is 11.5 Å². The smallest absolute Gasteiger partial charge is 0.430 e. The number of carbonyl (C=O) groups excluding carboxylic acids is 1. The number of amides is 1. The zero-order chi connectivity index (χ0) is 16.9. The van der Waals surface area contributed by atoms with Crippen LogP contribution < -0.4 is 13.8 Å². The van der Waals surface area contributed by atoms with Crippen molar-refractivity contribution in [2.45, 2.75) is 0 Å². The lowest BCUT2D eigenvalue weighted by Crippen LogP contribution is -2.26. The van der Waals surface area contributed by atoms with Gasteiger partial charge < -0.3 is 9.47 Å². The zero-order valence-corrected chi connectivity index (χ0v) is 14.2. The third kappa shape index (κ3) is 3.46. The molecule has 3 aromatic carbocycles. The number of hydrogen-bond donors (Lipinski definition) is 0. The van der Waals surface area contributed by atoms with Gasteiger partial charge in [-0.2, -0.15) is 0 Å². The molecule has 0 unspecified atom stereocenters. The molecule has 5 heteroatoms. The first-order valence-electron chi connectivity index (χ1n) is 7.40. The van der Waals surface area contributed by atoms with Gasteiger partial charge in [-0.05, 0) is 47.0 Å². The summed E-state index contributed by atoms with van der Waals surface area (Å²) < 4.78 is 12.2. The monoisotopic (exact) mass is 339 g/mol. The fourth-order valence-corrected chi connectivity index (χ4v) is 2.91. The summed E-state index contributed by atoms with van der Waals surface area (Å²) in [6.45, 7) is 0. The van der Waals surface area contributed by atoms with Crippen molar-refractivity contribution in [1.82, 2.24) is 0 Å². The fraction of sp³-hybridized carbons (Fsp3) is 0.105. The maximum Gasteiger partial charge on any atom is 0.430 e. The second-order valence-corrected chi connectivity index (χ2v) is 5.79. The average molecular weight is 339 g/mol. The second-order valence-electron chi connectivity index (χ2n) is 5.06. The minimum atomic E-state index is -0.453. The molecule has 24 heavy (non-hydrogen) atoms. The zero-order valence-electron chi connectivity index (χ0n) is 13.4. The van der Waals surface area contributed by atoms with E-state index in [2.05, 4.69) is 0 Å². The Hall–Kier alpha value is -2.66. The predicted molar refractivity (Wildman–Crippen MR) is 99.0 cm³/mol. The summed E-state index contributed by atoms with van der Waals surface area (Å²) in [5.41, 5.74) is 0.702. The normalized spacial score (nSPS) is 10.4. The first-order valence-corrected chi connectivity index (χ1v) is 8.58. The summed E-state index contributed by atoms with van der Waals surface area (Å²) in [6.07, 6.45) is 1.37. The van der Waals surface area contributed by atoms with Gasteiger partial charge in [0.2, 0.25) is 0 Å². The van der Waals surface area contributed by atoms with E-state index in [1.54, 1.807) is 19.2 Å². The molecule has 122 valence electrons. The maximum atomic E-state index is 12.5. The number of fused-ring (bicyclic) bond motifs is 1. The molecular formula is C19H17NO3S. The van der Waals surface area contributed by atoms with Crippen LogP contribution in [0.25, 0.3) is 10.8 Å². The van der Waals surface area contributed by atoms with Crippen molar-refractivity contribution in [3.05, 3.63) is 66.7 Å². The minimum Gasteiger partial charge on any atom is -0.497 e. The molecule has 0 heterocycles. The van der Waals surface area contributed by atoms with E-state index in [-0.39, 0.29) is 0 Å². The topological polar surface area (TPSA) is 38.8 Å². The Morgan fingerprint density at radius 3 is 2.46 bits per heavy atom. The number of rotatable bonds is 4. The molecule has 0 aliphatic heterocycles. The van der Waals surface area contributed by atoms with E-state index in [0.717, 1.165) is 10.8 Å². The highest BCUT2D eigenvalue weighted by atomic mass is 32.2. The van der Waals surface area contributed by atoms with Gasteiger partial charge in [-0.3, -0.25) is 0 Å². The summed E-state index contributed by atoms with van der Waals surface area (Å²) in [4.78, 5) is 12.5. The van der Waals surface area contributed by atoms with Crippen molar-refractivity contribution in [1.29, 1.82) is 0 Å². The molecule has 3 aromatic rings. The Kier molecular flexibility index (Phi) is 4.91. The molecule has 0 saturated carbocycles. The van der Waals surface area contributed by atoms with Gasteiger partial charge in [0.15, 0.2) is 0 Å². The van der Waals surface area contributed by atoms with Gasteiger partial charge in [-0.15, -0.1) is 0 Å². The molecule has 0 saturated heterocycles. The van der Waals surface area contributed by atoms with Crippen LogP contribution in [0, 0.1) is 0 Å². The lowest BCUT2D eigenvalue weighted by Gasteiger charge is -2.19. The van der Waals surface area contributed by atoms with Gasteiger partial charge in [0.05, 0.1) is 12.8 Å². The van der Waals surface area contributed by atoms with E-state index < -0.39 is 6.09 Å². The molecule has 0 bridgehead atoms. The van der Waals surface area contributed by atoms with Gasteiger partial charge in [0.25, 0.3) is 0 Å². The van der Waals surface area contributed by atoms with Crippen molar-refractivity contribution < 1.29 is 14.3 Å². The van der Waals surface area contributed by atoms with Crippen LogP contribution >= 0.6 is 11.9 Å². The molecule has 0 spiro atoms. The molecule has 0 aliphatic carbocycles. The van der Waals surface area contributed by atoms with Crippen LogP contribution in [0.1, 0.15) is 0 Å². The molecule has 3 rings (SSSR count). The van der Waals surface area contributed by atoms with Crippen molar-refractivity contribution in [3.63, 3.8) is 0 Å². The van der Waals surface area contributed by atoms with E-state index in [1.165, 1.54) is 16.3 Å². The quantitative estimate of drug-likeness (QED) is 0.618. The number of carbonyl (C=O) groups is 1. The van der Waals surface area contributed by atoms with Crippen LogP contribution in [0.2, 0.25) is 0 Å². The standard InChI is InChI=1S/C19H17NO3S/c1-22-17-9-5-8-16(13-17)20(24-2)19(21)23-18-11-10-14-6-3-4-7-15(14)12-18/h3-13H,1-2H3. The molecule has 0 aliphatic rings. The van der Waals surface area contributed by atoms with E-state index in [1.807, 2.05) is 60.9 Å². The highest BCUT2D eigenvalue weighted by molar-refractivity contribution is 8.00. The van der Waals surface area contributed by atoms with E-state index >= 15 is 0 Å². The highest BCUT2D eigenvalue weighted by Gasteiger charge is 2.18.